The zero-order valence-electron chi connectivity index (χ0n) is 14.9. The third kappa shape index (κ3) is 2.62. The number of pyridine rings is 2. The second-order valence-electron chi connectivity index (χ2n) is 6.63. The predicted octanol–water partition coefficient (Wildman–Crippen LogP) is 5.54. The molecule has 0 bridgehead atoms. The number of rotatable bonds is 5. The summed E-state index contributed by atoms with van der Waals surface area (Å²) in [7, 11) is 2.15. The minimum atomic E-state index is 0.496. The van der Waals surface area contributed by atoms with E-state index in [0.29, 0.717) is 11.8 Å². The van der Waals surface area contributed by atoms with Crippen molar-refractivity contribution < 1.29 is 0 Å². The fourth-order valence-corrected chi connectivity index (χ4v) is 3.43. The molecule has 122 valence electrons. The molecule has 0 radical (unpaired) electrons. The zero-order valence-corrected chi connectivity index (χ0v) is 14.9. The van der Waals surface area contributed by atoms with Crippen LogP contribution < -0.4 is 0 Å². The first-order valence-corrected chi connectivity index (χ1v) is 8.84. The van der Waals surface area contributed by atoms with E-state index in [2.05, 4.69) is 56.4 Å². The Hall–Kier alpha value is -1.90. The van der Waals surface area contributed by atoms with Crippen LogP contribution in [-0.2, 0) is 7.05 Å². The maximum absolute atomic E-state index is 4.74. The molecule has 0 saturated carbocycles. The minimum Gasteiger partial charge on any atom is -0.343 e. The Morgan fingerprint density at radius 2 is 1.39 bits per heavy atom. The first-order valence-electron chi connectivity index (χ1n) is 8.84. The summed E-state index contributed by atoms with van der Waals surface area (Å²) in [5.41, 5.74) is 4.91. The quantitative estimate of drug-likeness (QED) is 0.619. The third-order valence-corrected chi connectivity index (χ3v) is 5.34. The second-order valence-corrected chi connectivity index (χ2v) is 6.63. The number of aryl methyl sites for hydroxylation is 1. The summed E-state index contributed by atoms with van der Waals surface area (Å²) in [6.07, 6.45) is 7.45. The fraction of sp³-hybridized carbons (Fsp3) is 0.500. The van der Waals surface area contributed by atoms with Gasteiger partial charge in [-0.3, -0.25) is 9.97 Å². The van der Waals surface area contributed by atoms with Gasteiger partial charge >= 0.3 is 0 Å². The highest BCUT2D eigenvalue weighted by Crippen LogP contribution is 2.32. The Balaban J connectivity index is 2.21. The van der Waals surface area contributed by atoms with E-state index in [9.17, 15) is 0 Å². The Morgan fingerprint density at radius 1 is 0.870 bits per heavy atom. The summed E-state index contributed by atoms with van der Waals surface area (Å²) in [6, 6.07) is 4.52. The monoisotopic (exact) mass is 309 g/mol. The molecule has 0 aliphatic carbocycles. The van der Waals surface area contributed by atoms with Crippen molar-refractivity contribution in [3.8, 4) is 0 Å². The van der Waals surface area contributed by atoms with Crippen LogP contribution in [0.4, 0.5) is 0 Å². The van der Waals surface area contributed by atoms with Gasteiger partial charge in [0.2, 0.25) is 0 Å². The molecule has 23 heavy (non-hydrogen) atoms. The molecule has 0 aliphatic heterocycles. The van der Waals surface area contributed by atoms with E-state index in [1.165, 1.54) is 33.2 Å². The predicted molar refractivity (Wildman–Crippen MR) is 98.0 cm³/mol. The Labute approximate surface area is 138 Å². The Morgan fingerprint density at radius 3 is 1.91 bits per heavy atom. The van der Waals surface area contributed by atoms with E-state index < -0.39 is 0 Å². The van der Waals surface area contributed by atoms with Crippen LogP contribution in [0, 0.1) is 0 Å². The van der Waals surface area contributed by atoms with Crippen molar-refractivity contribution in [3.05, 3.63) is 35.9 Å². The lowest BCUT2D eigenvalue weighted by Crippen LogP contribution is -1.99. The van der Waals surface area contributed by atoms with Crippen LogP contribution in [0.25, 0.3) is 21.8 Å². The molecule has 0 saturated heterocycles. The van der Waals surface area contributed by atoms with E-state index in [1.54, 1.807) is 0 Å². The highest BCUT2D eigenvalue weighted by molar-refractivity contribution is 6.07. The van der Waals surface area contributed by atoms with Crippen molar-refractivity contribution in [3.63, 3.8) is 0 Å². The molecular weight excluding hydrogens is 282 g/mol. The fourth-order valence-electron chi connectivity index (χ4n) is 3.43. The zero-order chi connectivity index (χ0) is 16.6. The first kappa shape index (κ1) is 16.0. The average Bonchev–Trinajstić information content (AvgIpc) is 2.87. The molecule has 3 rings (SSSR count). The van der Waals surface area contributed by atoms with Gasteiger partial charge in [0.05, 0.1) is 11.0 Å². The van der Waals surface area contributed by atoms with Gasteiger partial charge in [0, 0.05) is 47.5 Å². The molecule has 0 aromatic carbocycles. The van der Waals surface area contributed by atoms with Gasteiger partial charge in [0.15, 0.2) is 0 Å². The summed E-state index contributed by atoms with van der Waals surface area (Å²) in [4.78, 5) is 9.43. The van der Waals surface area contributed by atoms with Crippen molar-refractivity contribution >= 4 is 21.8 Å². The summed E-state index contributed by atoms with van der Waals surface area (Å²) >= 11 is 0. The van der Waals surface area contributed by atoms with Crippen LogP contribution in [0.3, 0.4) is 0 Å². The van der Waals surface area contributed by atoms with Crippen molar-refractivity contribution in [1.29, 1.82) is 0 Å². The third-order valence-electron chi connectivity index (χ3n) is 5.34. The van der Waals surface area contributed by atoms with Crippen molar-refractivity contribution in [2.45, 2.75) is 58.8 Å². The number of fused-ring (bicyclic) bond motifs is 3. The van der Waals surface area contributed by atoms with Gasteiger partial charge in [0.25, 0.3) is 0 Å². The van der Waals surface area contributed by atoms with Crippen LogP contribution in [0.2, 0.25) is 0 Å². The molecule has 0 spiro atoms. The van der Waals surface area contributed by atoms with Crippen molar-refractivity contribution in [2.24, 2.45) is 7.05 Å². The smallest absolute Gasteiger partial charge is 0.0523 e. The molecule has 1 unspecified atom stereocenters. The number of hydrogen-bond acceptors (Lipinski definition) is 2. The van der Waals surface area contributed by atoms with Gasteiger partial charge in [-0.25, -0.2) is 0 Å². The van der Waals surface area contributed by atoms with Gasteiger partial charge < -0.3 is 4.57 Å². The van der Waals surface area contributed by atoms with Crippen LogP contribution in [-0.4, -0.2) is 14.5 Å². The summed E-state index contributed by atoms with van der Waals surface area (Å²) in [6.45, 7) is 8.93. The molecular formula is C20H27N3. The molecule has 0 aliphatic rings. The molecule has 1 atom stereocenters. The largest absolute Gasteiger partial charge is 0.343 e. The van der Waals surface area contributed by atoms with E-state index in [-0.39, 0.29) is 0 Å². The normalized spacial score (nSPS) is 13.3. The molecule has 3 aromatic heterocycles. The van der Waals surface area contributed by atoms with Gasteiger partial charge in [-0.2, -0.15) is 0 Å². The average molecular weight is 309 g/mol. The summed E-state index contributed by atoms with van der Waals surface area (Å²) in [5, 5.41) is 2.42. The molecule has 0 fully saturated rings. The topological polar surface area (TPSA) is 30.7 Å². The van der Waals surface area contributed by atoms with E-state index >= 15 is 0 Å². The van der Waals surface area contributed by atoms with E-state index in [0.717, 1.165) is 19.3 Å². The van der Waals surface area contributed by atoms with Crippen molar-refractivity contribution in [2.75, 3.05) is 0 Å². The highest BCUT2D eigenvalue weighted by Gasteiger charge is 2.15. The number of hydrogen-bond donors (Lipinski definition) is 0. The molecule has 0 amide bonds. The van der Waals surface area contributed by atoms with Gasteiger partial charge in [-0.1, -0.05) is 27.7 Å². The SMILES string of the molecule is CCC(C)c1cc2c(cn1)c1cnc(C(CC)CC)cc1n2C. The van der Waals surface area contributed by atoms with Crippen LogP contribution in [0.5, 0.6) is 0 Å². The standard InChI is InChI=1S/C20H27N3/c1-6-13(4)17-9-19-15(11-21-17)16-12-22-18(14(7-2)8-3)10-20(16)23(19)5/h9-14H,6-8H2,1-5H3. The highest BCUT2D eigenvalue weighted by atomic mass is 14.9. The van der Waals surface area contributed by atoms with Gasteiger partial charge in [-0.15, -0.1) is 0 Å². The molecule has 3 heterocycles. The van der Waals surface area contributed by atoms with E-state index in [1.807, 2.05) is 12.4 Å². The maximum atomic E-state index is 4.74. The molecule has 3 nitrogen and oxygen atoms in total. The van der Waals surface area contributed by atoms with Crippen LogP contribution in [0.15, 0.2) is 24.5 Å². The molecule has 3 aromatic rings. The molecule has 0 N–H and O–H groups in total. The van der Waals surface area contributed by atoms with Gasteiger partial charge in [-0.05, 0) is 37.3 Å². The maximum Gasteiger partial charge on any atom is 0.0523 e. The lowest BCUT2D eigenvalue weighted by atomic mass is 9.98. The lowest BCUT2D eigenvalue weighted by Gasteiger charge is -2.11. The second kappa shape index (κ2) is 6.31. The molecule has 3 heteroatoms. The van der Waals surface area contributed by atoms with Crippen LogP contribution in [0.1, 0.15) is 70.2 Å². The lowest BCUT2D eigenvalue weighted by molar-refractivity contribution is 0.624. The number of aromatic nitrogens is 3. The Bertz CT molecular complexity index is 828. The van der Waals surface area contributed by atoms with E-state index in [4.69, 9.17) is 4.98 Å². The van der Waals surface area contributed by atoms with Crippen molar-refractivity contribution in [1.82, 2.24) is 14.5 Å². The first-order chi connectivity index (χ1) is 11.1. The Kier molecular flexibility index (Phi) is 4.38. The minimum absolute atomic E-state index is 0.496. The summed E-state index contributed by atoms with van der Waals surface area (Å²) < 4.78 is 2.30. The van der Waals surface area contributed by atoms with Gasteiger partial charge in [0.1, 0.15) is 0 Å². The summed E-state index contributed by atoms with van der Waals surface area (Å²) in [5.74, 6) is 1.04. The van der Waals surface area contributed by atoms with Crippen LogP contribution >= 0.6 is 0 Å². The number of nitrogens with zero attached hydrogens (tertiary/aromatic N) is 3.